The number of aromatic nitrogens is 1. The standard InChI is InChI=1S/C41H28N2O/c1-26-10-2-7-15-37(26)42-29-19-20-39-35(24-29)32-13-5-8-16-38(32)43(39)30-22-27-11-3-4-12-31(27)34(25-30)28-18-21-41-36(23-28)33-14-6-9-17-40(33)44-41/h2-23,25H,24H2,1H3. The molecule has 2 heterocycles. The summed E-state index contributed by atoms with van der Waals surface area (Å²) < 4.78 is 8.58. The summed E-state index contributed by atoms with van der Waals surface area (Å²) >= 11 is 0. The Bertz CT molecular complexity index is 2490. The van der Waals surface area contributed by atoms with E-state index in [4.69, 9.17) is 9.41 Å². The third-order valence-corrected chi connectivity index (χ3v) is 8.98. The minimum Gasteiger partial charge on any atom is -0.456 e. The second-order valence-electron chi connectivity index (χ2n) is 11.6. The molecule has 44 heavy (non-hydrogen) atoms. The lowest BCUT2D eigenvalue weighted by Crippen LogP contribution is -2.07. The molecule has 0 unspecified atom stereocenters. The predicted molar refractivity (Wildman–Crippen MR) is 185 cm³/mol. The smallest absolute Gasteiger partial charge is 0.135 e. The number of hydrogen-bond acceptors (Lipinski definition) is 2. The van der Waals surface area contributed by atoms with E-state index in [0.29, 0.717) is 0 Å². The topological polar surface area (TPSA) is 30.4 Å². The van der Waals surface area contributed by atoms with Gasteiger partial charge in [-0.2, -0.15) is 0 Å². The Hall–Kier alpha value is -5.67. The van der Waals surface area contributed by atoms with E-state index < -0.39 is 0 Å². The largest absolute Gasteiger partial charge is 0.456 e. The molecule has 0 fully saturated rings. The summed E-state index contributed by atoms with van der Waals surface area (Å²) in [6.07, 6.45) is 5.22. The van der Waals surface area contributed by atoms with Gasteiger partial charge in [-0.15, -0.1) is 0 Å². The van der Waals surface area contributed by atoms with E-state index in [9.17, 15) is 0 Å². The van der Waals surface area contributed by atoms with Crippen molar-refractivity contribution in [3.8, 4) is 16.8 Å². The Labute approximate surface area is 255 Å². The molecule has 0 atom stereocenters. The molecule has 6 aromatic carbocycles. The fourth-order valence-corrected chi connectivity index (χ4v) is 6.86. The number of fused-ring (bicyclic) bond motifs is 7. The molecule has 0 radical (unpaired) electrons. The Morgan fingerprint density at radius 2 is 1.39 bits per heavy atom. The molecule has 2 aromatic heterocycles. The summed E-state index contributed by atoms with van der Waals surface area (Å²) in [6.45, 7) is 2.12. The highest BCUT2D eigenvalue weighted by molar-refractivity contribution is 6.09. The van der Waals surface area contributed by atoms with Crippen LogP contribution in [0.25, 0.3) is 66.5 Å². The first-order valence-corrected chi connectivity index (χ1v) is 15.1. The number of aryl methyl sites for hydroxylation is 1. The van der Waals surface area contributed by atoms with Crippen LogP contribution < -0.4 is 0 Å². The van der Waals surface area contributed by atoms with Crippen LogP contribution in [0.4, 0.5) is 5.69 Å². The molecule has 0 spiro atoms. The third-order valence-electron chi connectivity index (χ3n) is 8.98. The number of para-hydroxylation sites is 3. The predicted octanol–water partition coefficient (Wildman–Crippen LogP) is 11.0. The first kappa shape index (κ1) is 24.9. The molecule has 0 bridgehead atoms. The maximum atomic E-state index is 6.16. The lowest BCUT2D eigenvalue weighted by molar-refractivity contribution is 0.669. The van der Waals surface area contributed by atoms with E-state index in [1.54, 1.807) is 0 Å². The molecule has 1 aliphatic rings. The Kier molecular flexibility index (Phi) is 5.48. The quantitative estimate of drug-likeness (QED) is 0.210. The van der Waals surface area contributed by atoms with Crippen molar-refractivity contribution in [2.45, 2.75) is 13.3 Å². The van der Waals surface area contributed by atoms with Gasteiger partial charge in [-0.05, 0) is 94.6 Å². The second kappa shape index (κ2) is 9.68. The number of benzene rings is 6. The monoisotopic (exact) mass is 564 g/mol. The van der Waals surface area contributed by atoms with Gasteiger partial charge in [-0.25, -0.2) is 0 Å². The average molecular weight is 565 g/mol. The van der Waals surface area contributed by atoms with Crippen LogP contribution in [-0.2, 0) is 6.42 Å². The van der Waals surface area contributed by atoms with Crippen LogP contribution in [-0.4, -0.2) is 10.3 Å². The van der Waals surface area contributed by atoms with Crippen LogP contribution >= 0.6 is 0 Å². The SMILES string of the molecule is Cc1ccccc1N=C1C=Cc2c(c3ccccc3n2-c2cc(-c3ccc4oc5ccccc5c4c3)c3ccccc3c2)C1. The lowest BCUT2D eigenvalue weighted by Gasteiger charge is -2.16. The van der Waals surface area contributed by atoms with Crippen molar-refractivity contribution in [2.24, 2.45) is 4.99 Å². The second-order valence-corrected chi connectivity index (χ2v) is 11.6. The third kappa shape index (κ3) is 3.86. The Morgan fingerprint density at radius 1 is 0.636 bits per heavy atom. The number of nitrogens with zero attached hydrogens (tertiary/aromatic N) is 2. The summed E-state index contributed by atoms with van der Waals surface area (Å²) in [7, 11) is 0. The number of furan rings is 1. The molecule has 208 valence electrons. The zero-order chi connectivity index (χ0) is 29.2. The van der Waals surface area contributed by atoms with Crippen LogP contribution in [0.15, 0.2) is 143 Å². The van der Waals surface area contributed by atoms with Gasteiger partial charge in [0.25, 0.3) is 0 Å². The average Bonchev–Trinajstić information content (AvgIpc) is 3.60. The molecule has 9 rings (SSSR count). The van der Waals surface area contributed by atoms with Crippen molar-refractivity contribution in [2.75, 3.05) is 0 Å². The molecule has 3 nitrogen and oxygen atoms in total. The molecular formula is C41H28N2O. The van der Waals surface area contributed by atoms with Gasteiger partial charge in [0.2, 0.25) is 0 Å². The van der Waals surface area contributed by atoms with E-state index in [1.165, 1.54) is 49.6 Å². The van der Waals surface area contributed by atoms with Gasteiger partial charge in [0.15, 0.2) is 0 Å². The maximum absolute atomic E-state index is 6.16. The van der Waals surface area contributed by atoms with Crippen molar-refractivity contribution in [3.63, 3.8) is 0 Å². The normalized spacial score (nSPS) is 13.9. The Morgan fingerprint density at radius 3 is 2.30 bits per heavy atom. The van der Waals surface area contributed by atoms with E-state index in [0.717, 1.165) is 45.4 Å². The fraction of sp³-hybridized carbons (Fsp3) is 0.0488. The van der Waals surface area contributed by atoms with Crippen molar-refractivity contribution < 1.29 is 4.42 Å². The van der Waals surface area contributed by atoms with Crippen molar-refractivity contribution in [1.82, 2.24) is 4.57 Å². The van der Waals surface area contributed by atoms with Gasteiger partial charge in [-0.1, -0.05) is 84.9 Å². The zero-order valence-electron chi connectivity index (χ0n) is 24.3. The van der Waals surface area contributed by atoms with E-state index in [2.05, 4.69) is 139 Å². The summed E-state index contributed by atoms with van der Waals surface area (Å²) in [6, 6.07) is 45.3. The molecule has 0 N–H and O–H groups in total. The summed E-state index contributed by atoms with van der Waals surface area (Å²) in [5, 5.41) is 6.00. The van der Waals surface area contributed by atoms with Gasteiger partial charge in [-0.3, -0.25) is 4.99 Å². The molecule has 3 heteroatoms. The van der Waals surface area contributed by atoms with Crippen molar-refractivity contribution in [1.29, 1.82) is 0 Å². The molecule has 0 saturated carbocycles. The molecule has 0 saturated heterocycles. The van der Waals surface area contributed by atoms with Crippen LogP contribution in [0.2, 0.25) is 0 Å². The fourth-order valence-electron chi connectivity index (χ4n) is 6.86. The van der Waals surface area contributed by atoms with E-state index in [1.807, 2.05) is 12.1 Å². The molecular weight excluding hydrogens is 536 g/mol. The lowest BCUT2D eigenvalue weighted by atomic mass is 9.96. The highest BCUT2D eigenvalue weighted by Gasteiger charge is 2.22. The van der Waals surface area contributed by atoms with Gasteiger partial charge in [0.1, 0.15) is 11.2 Å². The summed E-state index contributed by atoms with van der Waals surface area (Å²) in [4.78, 5) is 5.05. The first-order valence-electron chi connectivity index (χ1n) is 15.1. The molecule has 0 aliphatic heterocycles. The Balaban J connectivity index is 1.25. The molecule has 1 aliphatic carbocycles. The molecule has 8 aromatic rings. The van der Waals surface area contributed by atoms with Crippen LogP contribution in [0, 0.1) is 6.92 Å². The van der Waals surface area contributed by atoms with Crippen molar-refractivity contribution >= 4 is 61.1 Å². The van der Waals surface area contributed by atoms with Gasteiger partial charge in [0.05, 0.1) is 16.9 Å². The van der Waals surface area contributed by atoms with Crippen molar-refractivity contribution in [3.05, 3.63) is 150 Å². The zero-order valence-corrected chi connectivity index (χ0v) is 24.3. The minimum absolute atomic E-state index is 0.790. The van der Waals surface area contributed by atoms with Gasteiger partial charge >= 0.3 is 0 Å². The van der Waals surface area contributed by atoms with E-state index >= 15 is 0 Å². The van der Waals surface area contributed by atoms with E-state index in [-0.39, 0.29) is 0 Å². The number of aliphatic imine (C=N–C) groups is 1. The van der Waals surface area contributed by atoms with Gasteiger partial charge < -0.3 is 8.98 Å². The van der Waals surface area contributed by atoms with Crippen LogP contribution in [0.1, 0.15) is 16.8 Å². The number of rotatable bonds is 3. The summed E-state index contributed by atoms with van der Waals surface area (Å²) in [5.74, 6) is 0. The highest BCUT2D eigenvalue weighted by atomic mass is 16.3. The number of allylic oxidation sites excluding steroid dienone is 1. The van der Waals surface area contributed by atoms with Gasteiger partial charge in [0, 0.05) is 34.0 Å². The first-order chi connectivity index (χ1) is 21.7. The minimum atomic E-state index is 0.790. The maximum Gasteiger partial charge on any atom is 0.135 e. The summed E-state index contributed by atoms with van der Waals surface area (Å²) in [5.41, 5.74) is 12.4. The van der Waals surface area contributed by atoms with Crippen LogP contribution in [0.5, 0.6) is 0 Å². The highest BCUT2D eigenvalue weighted by Crippen LogP contribution is 2.39. The molecule has 0 amide bonds. The van der Waals surface area contributed by atoms with Crippen LogP contribution in [0.3, 0.4) is 0 Å². The number of hydrogen-bond donors (Lipinski definition) is 0.